The fraction of sp³-hybridized carbons (Fsp3) is 0.615. The van der Waals surface area contributed by atoms with Crippen molar-refractivity contribution >= 4 is 16.0 Å². The first-order valence-electron chi connectivity index (χ1n) is 6.68. The molecule has 112 valence electrons. The van der Waals surface area contributed by atoms with Gasteiger partial charge in [-0.25, -0.2) is 13.2 Å². The first-order valence-corrected chi connectivity index (χ1v) is 8.12. The standard InChI is InChI=1S/C13H19NO5S/c1-3-13(4-2)7-8-14(9-13)20(17,18)11-6-5-10(19-11)12(15)16/h5-6H,3-4,7-9H2,1-2H3,(H,15,16). The number of carbonyl (C=O) groups is 1. The monoisotopic (exact) mass is 301 g/mol. The smallest absolute Gasteiger partial charge is 0.371 e. The van der Waals surface area contributed by atoms with E-state index in [1.807, 2.05) is 0 Å². The average Bonchev–Trinajstić information content (AvgIpc) is 3.07. The second kappa shape index (κ2) is 5.21. The Morgan fingerprint density at radius 1 is 1.40 bits per heavy atom. The predicted octanol–water partition coefficient (Wildman–Crippen LogP) is 2.18. The Morgan fingerprint density at radius 2 is 2.05 bits per heavy atom. The van der Waals surface area contributed by atoms with Crippen LogP contribution in [0.2, 0.25) is 0 Å². The number of furan rings is 1. The van der Waals surface area contributed by atoms with E-state index in [1.54, 1.807) is 0 Å². The Bertz CT molecular complexity index is 600. The molecule has 0 saturated carbocycles. The number of aromatic carboxylic acids is 1. The molecule has 6 nitrogen and oxygen atoms in total. The second-order valence-corrected chi connectivity index (χ2v) is 7.09. The minimum atomic E-state index is -3.74. The molecule has 7 heteroatoms. The summed E-state index contributed by atoms with van der Waals surface area (Å²) in [6.07, 6.45) is 2.67. The molecule has 2 heterocycles. The number of sulfonamides is 1. The minimum absolute atomic E-state index is 0.0231. The van der Waals surface area contributed by atoms with Gasteiger partial charge in [-0.15, -0.1) is 0 Å². The molecule has 0 aromatic carbocycles. The number of nitrogens with zero attached hydrogens (tertiary/aromatic N) is 1. The Hall–Kier alpha value is -1.34. The van der Waals surface area contributed by atoms with Crippen molar-refractivity contribution in [2.75, 3.05) is 13.1 Å². The maximum atomic E-state index is 12.4. The molecular formula is C13H19NO5S. The number of carboxylic acid groups (broad SMARTS) is 1. The summed E-state index contributed by atoms with van der Waals surface area (Å²) >= 11 is 0. The molecule has 1 aromatic heterocycles. The van der Waals surface area contributed by atoms with Gasteiger partial charge in [0.05, 0.1) is 0 Å². The van der Waals surface area contributed by atoms with Gasteiger partial charge in [0, 0.05) is 13.1 Å². The largest absolute Gasteiger partial charge is 0.475 e. The molecule has 20 heavy (non-hydrogen) atoms. The summed E-state index contributed by atoms with van der Waals surface area (Å²) in [7, 11) is -3.74. The number of rotatable bonds is 5. The van der Waals surface area contributed by atoms with E-state index in [0.717, 1.165) is 25.3 Å². The van der Waals surface area contributed by atoms with Crippen molar-refractivity contribution in [3.63, 3.8) is 0 Å². The quantitative estimate of drug-likeness (QED) is 0.900. The topological polar surface area (TPSA) is 87.8 Å². The molecule has 1 N–H and O–H groups in total. The molecule has 1 aromatic rings. The number of hydrogen-bond donors (Lipinski definition) is 1. The third-order valence-electron chi connectivity index (χ3n) is 4.29. The summed E-state index contributed by atoms with van der Waals surface area (Å²) in [5, 5.41) is 8.49. The molecule has 0 spiro atoms. The van der Waals surface area contributed by atoms with E-state index in [1.165, 1.54) is 10.4 Å². The highest BCUT2D eigenvalue weighted by molar-refractivity contribution is 7.89. The summed E-state index contributed by atoms with van der Waals surface area (Å²) in [6.45, 7) is 5.04. The lowest BCUT2D eigenvalue weighted by Crippen LogP contribution is -2.31. The Balaban J connectivity index is 2.25. The van der Waals surface area contributed by atoms with Crippen LogP contribution < -0.4 is 0 Å². The lowest BCUT2D eigenvalue weighted by atomic mass is 9.82. The van der Waals surface area contributed by atoms with Crippen LogP contribution in [0.1, 0.15) is 43.7 Å². The molecule has 1 aliphatic heterocycles. The summed E-state index contributed by atoms with van der Waals surface area (Å²) in [5.74, 6) is -1.63. The normalized spacial score (nSPS) is 19.3. The zero-order valence-electron chi connectivity index (χ0n) is 11.6. The fourth-order valence-corrected chi connectivity index (χ4v) is 4.09. The van der Waals surface area contributed by atoms with E-state index in [0.29, 0.717) is 13.1 Å². The summed E-state index contributed by atoms with van der Waals surface area (Å²) < 4.78 is 31.2. The Kier molecular flexibility index (Phi) is 3.93. The molecular weight excluding hydrogens is 282 g/mol. The van der Waals surface area contributed by atoms with E-state index in [-0.39, 0.29) is 16.3 Å². The second-order valence-electron chi connectivity index (χ2n) is 5.22. The van der Waals surface area contributed by atoms with Crippen molar-refractivity contribution < 1.29 is 22.7 Å². The molecule has 0 atom stereocenters. The van der Waals surface area contributed by atoms with Crippen LogP contribution in [0.25, 0.3) is 0 Å². The maximum Gasteiger partial charge on any atom is 0.371 e. The summed E-state index contributed by atoms with van der Waals surface area (Å²) in [5.41, 5.74) is 0.0231. The van der Waals surface area contributed by atoms with Gasteiger partial charge in [-0.05, 0) is 36.8 Å². The molecule has 0 radical (unpaired) electrons. The van der Waals surface area contributed by atoms with Gasteiger partial charge in [-0.3, -0.25) is 0 Å². The zero-order valence-corrected chi connectivity index (χ0v) is 12.4. The molecule has 0 bridgehead atoms. The van der Waals surface area contributed by atoms with Gasteiger partial charge in [0.25, 0.3) is 10.0 Å². The molecule has 0 unspecified atom stereocenters. The van der Waals surface area contributed by atoms with Crippen LogP contribution in [0.4, 0.5) is 0 Å². The highest BCUT2D eigenvalue weighted by Crippen LogP contribution is 2.39. The first-order chi connectivity index (χ1) is 9.34. The summed E-state index contributed by atoms with van der Waals surface area (Å²) in [6, 6.07) is 2.37. The van der Waals surface area contributed by atoms with Gasteiger partial charge < -0.3 is 9.52 Å². The highest BCUT2D eigenvalue weighted by atomic mass is 32.2. The Morgan fingerprint density at radius 3 is 2.50 bits per heavy atom. The van der Waals surface area contributed by atoms with Crippen LogP contribution in [0.15, 0.2) is 21.6 Å². The van der Waals surface area contributed by atoms with Gasteiger partial charge in [0.2, 0.25) is 10.9 Å². The van der Waals surface area contributed by atoms with E-state index < -0.39 is 16.0 Å². The van der Waals surface area contributed by atoms with Crippen molar-refractivity contribution in [2.24, 2.45) is 5.41 Å². The lowest BCUT2D eigenvalue weighted by molar-refractivity contribution is 0.0656. The van der Waals surface area contributed by atoms with Gasteiger partial charge in [-0.2, -0.15) is 4.31 Å². The molecule has 0 amide bonds. The average molecular weight is 301 g/mol. The van der Waals surface area contributed by atoms with Crippen molar-refractivity contribution in [1.82, 2.24) is 4.31 Å². The van der Waals surface area contributed by atoms with Gasteiger partial charge >= 0.3 is 5.97 Å². The molecule has 2 rings (SSSR count). The lowest BCUT2D eigenvalue weighted by Gasteiger charge is -2.25. The van der Waals surface area contributed by atoms with Crippen LogP contribution in [-0.2, 0) is 10.0 Å². The Labute approximate surface area is 118 Å². The van der Waals surface area contributed by atoms with E-state index in [9.17, 15) is 13.2 Å². The van der Waals surface area contributed by atoms with Crippen LogP contribution in [0.3, 0.4) is 0 Å². The fourth-order valence-electron chi connectivity index (χ4n) is 2.63. The predicted molar refractivity (Wildman–Crippen MR) is 72.1 cm³/mol. The van der Waals surface area contributed by atoms with Gasteiger partial charge in [0.1, 0.15) is 0 Å². The molecule has 1 aliphatic rings. The molecule has 1 fully saturated rings. The van der Waals surface area contributed by atoms with Crippen molar-refractivity contribution in [2.45, 2.75) is 38.2 Å². The first kappa shape index (κ1) is 15.1. The van der Waals surface area contributed by atoms with E-state index in [2.05, 4.69) is 13.8 Å². The van der Waals surface area contributed by atoms with Crippen LogP contribution in [0, 0.1) is 5.41 Å². The van der Waals surface area contributed by atoms with Gasteiger partial charge in [-0.1, -0.05) is 13.8 Å². The minimum Gasteiger partial charge on any atom is -0.475 e. The number of carboxylic acids is 1. The van der Waals surface area contributed by atoms with E-state index >= 15 is 0 Å². The SMILES string of the molecule is CCC1(CC)CCN(S(=O)(=O)c2ccc(C(=O)O)o2)C1. The van der Waals surface area contributed by atoms with Crippen LogP contribution in [-0.4, -0.2) is 36.9 Å². The highest BCUT2D eigenvalue weighted by Gasteiger charge is 2.41. The third kappa shape index (κ3) is 2.47. The van der Waals surface area contributed by atoms with Gasteiger partial charge in [0.15, 0.2) is 0 Å². The molecule has 0 aliphatic carbocycles. The van der Waals surface area contributed by atoms with Crippen molar-refractivity contribution in [3.05, 3.63) is 17.9 Å². The van der Waals surface area contributed by atoms with Crippen LogP contribution in [0.5, 0.6) is 0 Å². The van der Waals surface area contributed by atoms with Crippen molar-refractivity contribution in [3.8, 4) is 0 Å². The van der Waals surface area contributed by atoms with E-state index in [4.69, 9.17) is 9.52 Å². The van der Waals surface area contributed by atoms with Crippen LogP contribution >= 0.6 is 0 Å². The third-order valence-corrected chi connectivity index (χ3v) is 6.01. The number of hydrogen-bond acceptors (Lipinski definition) is 4. The maximum absolute atomic E-state index is 12.4. The van der Waals surface area contributed by atoms with Crippen molar-refractivity contribution in [1.29, 1.82) is 0 Å². The molecule has 1 saturated heterocycles. The summed E-state index contributed by atoms with van der Waals surface area (Å²) in [4.78, 5) is 10.8. The zero-order chi connectivity index (χ0) is 15.0.